The molecule has 1 N–H and O–H groups in total. The average molecular weight is 351 g/mol. The first-order valence-electron chi connectivity index (χ1n) is 9.23. The van der Waals surface area contributed by atoms with E-state index in [4.69, 9.17) is 0 Å². The molecular weight excluding hydrogens is 320 g/mol. The van der Waals surface area contributed by atoms with Crippen molar-refractivity contribution in [2.24, 2.45) is 11.3 Å². The van der Waals surface area contributed by atoms with Crippen LogP contribution in [-0.4, -0.2) is 48.6 Å². The Morgan fingerprint density at radius 2 is 2.04 bits per heavy atom. The number of carbonyl (C=O) groups excluding carboxylic acids is 1. The maximum atomic E-state index is 12.6. The predicted molar refractivity (Wildman–Crippen MR) is 99.7 cm³/mol. The molecule has 1 aromatic rings. The van der Waals surface area contributed by atoms with Gasteiger partial charge in [-0.1, -0.05) is 26.7 Å². The van der Waals surface area contributed by atoms with Gasteiger partial charge in [-0.25, -0.2) is 9.78 Å². The number of urea groups is 1. The van der Waals surface area contributed by atoms with Crippen molar-refractivity contribution in [3.05, 3.63) is 11.6 Å². The van der Waals surface area contributed by atoms with Gasteiger partial charge in [0.25, 0.3) is 0 Å². The van der Waals surface area contributed by atoms with E-state index >= 15 is 0 Å². The van der Waals surface area contributed by atoms with E-state index in [0.717, 1.165) is 50.2 Å². The van der Waals surface area contributed by atoms with Gasteiger partial charge >= 0.3 is 6.03 Å². The Hall–Kier alpha value is -1.30. The van der Waals surface area contributed by atoms with Gasteiger partial charge in [-0.15, -0.1) is 11.3 Å². The molecule has 2 heterocycles. The van der Waals surface area contributed by atoms with Gasteiger partial charge in [0, 0.05) is 44.3 Å². The summed E-state index contributed by atoms with van der Waals surface area (Å²) >= 11 is 1.67. The molecule has 2 amide bonds. The summed E-state index contributed by atoms with van der Waals surface area (Å²) in [4.78, 5) is 21.2. The van der Waals surface area contributed by atoms with Crippen molar-refractivity contribution >= 4 is 22.5 Å². The zero-order valence-electron chi connectivity index (χ0n) is 15.0. The predicted octanol–water partition coefficient (Wildman–Crippen LogP) is 3.58. The third-order valence-corrected chi connectivity index (χ3v) is 6.46. The highest BCUT2D eigenvalue weighted by Crippen LogP contribution is 2.39. The van der Waals surface area contributed by atoms with E-state index in [1.807, 2.05) is 16.5 Å². The summed E-state index contributed by atoms with van der Waals surface area (Å²) in [7, 11) is 0. The Kier molecular flexibility index (Phi) is 5.64. The van der Waals surface area contributed by atoms with Gasteiger partial charge in [-0.2, -0.15) is 0 Å². The van der Waals surface area contributed by atoms with Crippen molar-refractivity contribution < 1.29 is 4.79 Å². The van der Waals surface area contributed by atoms with Crippen LogP contribution in [0.15, 0.2) is 11.6 Å². The van der Waals surface area contributed by atoms with Gasteiger partial charge in [0.2, 0.25) is 0 Å². The van der Waals surface area contributed by atoms with Crippen molar-refractivity contribution in [3.63, 3.8) is 0 Å². The second kappa shape index (κ2) is 7.72. The Morgan fingerprint density at radius 1 is 1.25 bits per heavy atom. The molecule has 6 heteroatoms. The number of carbonyl (C=O) groups is 1. The SMILES string of the molecule is CC(C)(CNC(=O)N1CCCN(c2nccs2)CC1)C1CCCC1. The second-order valence-electron chi connectivity index (χ2n) is 7.77. The van der Waals surface area contributed by atoms with Gasteiger partial charge in [-0.05, 0) is 30.6 Å². The number of aromatic nitrogens is 1. The van der Waals surface area contributed by atoms with Crippen molar-refractivity contribution in [1.82, 2.24) is 15.2 Å². The molecule has 0 unspecified atom stereocenters. The molecule has 0 spiro atoms. The Balaban J connectivity index is 1.48. The van der Waals surface area contributed by atoms with Crippen LogP contribution in [-0.2, 0) is 0 Å². The van der Waals surface area contributed by atoms with Crippen LogP contribution in [0.4, 0.5) is 9.93 Å². The standard InChI is InChI=1S/C18H30N4OS/c1-18(2,15-6-3-4-7-15)14-20-16(23)21-9-5-10-22(12-11-21)17-19-8-13-24-17/h8,13,15H,3-7,9-12,14H2,1-2H3,(H,20,23). The summed E-state index contributed by atoms with van der Waals surface area (Å²) in [6.07, 6.45) is 8.17. The molecule has 0 bridgehead atoms. The number of rotatable bonds is 4. The summed E-state index contributed by atoms with van der Waals surface area (Å²) in [5.41, 5.74) is 0.199. The molecule has 0 aromatic carbocycles. The molecule has 2 fully saturated rings. The van der Waals surface area contributed by atoms with Crippen LogP contribution < -0.4 is 10.2 Å². The van der Waals surface area contributed by atoms with Gasteiger partial charge < -0.3 is 15.1 Å². The number of thiazole rings is 1. The molecule has 1 saturated carbocycles. The van der Waals surface area contributed by atoms with E-state index in [1.54, 1.807) is 11.3 Å². The van der Waals surface area contributed by atoms with Gasteiger partial charge in [0.15, 0.2) is 5.13 Å². The molecule has 0 atom stereocenters. The molecule has 1 aliphatic heterocycles. The molecule has 5 nitrogen and oxygen atoms in total. The normalized spacial score (nSPS) is 20.2. The molecule has 1 saturated heterocycles. The summed E-state index contributed by atoms with van der Waals surface area (Å²) in [6, 6.07) is 0.0991. The largest absolute Gasteiger partial charge is 0.346 e. The first kappa shape index (κ1) is 17.5. The third-order valence-electron chi connectivity index (χ3n) is 5.63. The third kappa shape index (κ3) is 4.21. The van der Waals surface area contributed by atoms with Crippen LogP contribution >= 0.6 is 11.3 Å². The van der Waals surface area contributed by atoms with Crippen molar-refractivity contribution in [1.29, 1.82) is 0 Å². The summed E-state index contributed by atoms with van der Waals surface area (Å²) in [5, 5.41) is 6.28. The lowest BCUT2D eigenvalue weighted by atomic mass is 9.78. The Bertz CT molecular complexity index is 525. The Labute approximate surface area is 149 Å². The molecule has 1 aliphatic carbocycles. The average Bonchev–Trinajstić information content (AvgIpc) is 3.23. The monoisotopic (exact) mass is 350 g/mol. The summed E-state index contributed by atoms with van der Waals surface area (Å²) < 4.78 is 0. The number of nitrogens with zero attached hydrogens (tertiary/aromatic N) is 3. The molecule has 24 heavy (non-hydrogen) atoms. The van der Waals surface area contributed by atoms with Gasteiger partial charge in [0.1, 0.15) is 0 Å². The minimum Gasteiger partial charge on any atom is -0.346 e. The van der Waals surface area contributed by atoms with E-state index in [1.165, 1.54) is 25.7 Å². The van der Waals surface area contributed by atoms with Crippen molar-refractivity contribution in [3.8, 4) is 0 Å². The van der Waals surface area contributed by atoms with E-state index in [2.05, 4.69) is 29.0 Å². The molecule has 3 rings (SSSR count). The minimum atomic E-state index is 0.0991. The fraction of sp³-hybridized carbons (Fsp3) is 0.778. The number of nitrogens with one attached hydrogen (secondary N) is 1. The minimum absolute atomic E-state index is 0.0991. The molecule has 2 aliphatic rings. The van der Waals surface area contributed by atoms with E-state index < -0.39 is 0 Å². The second-order valence-corrected chi connectivity index (χ2v) is 8.64. The first-order valence-corrected chi connectivity index (χ1v) is 10.1. The van der Waals surface area contributed by atoms with Crippen molar-refractivity contribution in [2.75, 3.05) is 37.6 Å². The van der Waals surface area contributed by atoms with E-state index in [9.17, 15) is 4.79 Å². The molecule has 1 aromatic heterocycles. The number of amides is 2. The van der Waals surface area contributed by atoms with Crippen LogP contribution in [0, 0.1) is 11.3 Å². The fourth-order valence-electron chi connectivity index (χ4n) is 3.95. The first-order chi connectivity index (χ1) is 11.6. The molecule has 134 valence electrons. The highest BCUT2D eigenvalue weighted by molar-refractivity contribution is 7.13. The van der Waals surface area contributed by atoms with Crippen LogP contribution in [0.3, 0.4) is 0 Å². The lowest BCUT2D eigenvalue weighted by molar-refractivity contribution is 0.177. The Morgan fingerprint density at radius 3 is 2.75 bits per heavy atom. The lowest BCUT2D eigenvalue weighted by Gasteiger charge is -2.33. The maximum Gasteiger partial charge on any atom is 0.317 e. The molecular formula is C18H30N4OS. The number of hydrogen-bond acceptors (Lipinski definition) is 4. The van der Waals surface area contributed by atoms with E-state index in [0.29, 0.717) is 0 Å². The van der Waals surface area contributed by atoms with E-state index in [-0.39, 0.29) is 11.4 Å². The van der Waals surface area contributed by atoms with Crippen LogP contribution in [0.25, 0.3) is 0 Å². The number of hydrogen-bond donors (Lipinski definition) is 1. The summed E-state index contributed by atoms with van der Waals surface area (Å²) in [5.74, 6) is 0.752. The van der Waals surface area contributed by atoms with Crippen molar-refractivity contribution in [2.45, 2.75) is 46.0 Å². The van der Waals surface area contributed by atoms with Crippen LogP contribution in [0.5, 0.6) is 0 Å². The summed E-state index contributed by atoms with van der Waals surface area (Å²) in [6.45, 7) is 8.83. The van der Waals surface area contributed by atoms with Crippen LogP contribution in [0.2, 0.25) is 0 Å². The van der Waals surface area contributed by atoms with Crippen LogP contribution in [0.1, 0.15) is 46.0 Å². The topological polar surface area (TPSA) is 48.5 Å². The van der Waals surface area contributed by atoms with Gasteiger partial charge in [-0.3, -0.25) is 0 Å². The lowest BCUT2D eigenvalue weighted by Crippen LogP contribution is -2.46. The highest BCUT2D eigenvalue weighted by Gasteiger charge is 2.32. The smallest absolute Gasteiger partial charge is 0.317 e. The van der Waals surface area contributed by atoms with Gasteiger partial charge in [0.05, 0.1) is 0 Å². The fourth-order valence-corrected chi connectivity index (χ4v) is 4.65. The maximum absolute atomic E-state index is 12.6. The zero-order chi connectivity index (χ0) is 17.0. The molecule has 0 radical (unpaired) electrons. The quantitative estimate of drug-likeness (QED) is 0.903. The zero-order valence-corrected chi connectivity index (χ0v) is 15.8. The highest BCUT2D eigenvalue weighted by atomic mass is 32.1. The number of anilines is 1.